The Bertz CT molecular complexity index is 786. The van der Waals surface area contributed by atoms with Gasteiger partial charge >= 0.3 is 0 Å². The lowest BCUT2D eigenvalue weighted by Crippen LogP contribution is -2.25. The third-order valence-corrected chi connectivity index (χ3v) is 5.05. The van der Waals surface area contributed by atoms with E-state index in [0.29, 0.717) is 6.54 Å². The van der Waals surface area contributed by atoms with Crippen LogP contribution in [0.4, 0.5) is 5.69 Å². The molecule has 0 N–H and O–H groups in total. The molecule has 0 radical (unpaired) electrons. The van der Waals surface area contributed by atoms with E-state index in [4.69, 9.17) is 0 Å². The summed E-state index contributed by atoms with van der Waals surface area (Å²) in [6.07, 6.45) is 1.16. The van der Waals surface area contributed by atoms with Crippen molar-refractivity contribution in [3.05, 3.63) is 60.4 Å². The fourth-order valence-corrected chi connectivity index (χ4v) is 3.82. The third kappa shape index (κ3) is 2.94. The first kappa shape index (κ1) is 14.3. The van der Waals surface area contributed by atoms with Crippen molar-refractivity contribution in [2.45, 2.75) is 17.9 Å². The van der Waals surface area contributed by atoms with Gasteiger partial charge in [0.15, 0.2) is 5.82 Å². The number of aromatic nitrogens is 4. The molecule has 0 bridgehead atoms. The highest BCUT2D eigenvalue weighted by molar-refractivity contribution is 7.99. The predicted molar refractivity (Wildman–Crippen MR) is 92.0 cm³/mol. The van der Waals surface area contributed by atoms with Crippen LogP contribution in [-0.4, -0.2) is 32.5 Å². The molecule has 4 rings (SSSR count). The van der Waals surface area contributed by atoms with Crippen LogP contribution in [0, 0.1) is 0 Å². The molecular formula is C17H17N5S. The highest BCUT2D eigenvalue weighted by Gasteiger charge is 2.18. The van der Waals surface area contributed by atoms with Gasteiger partial charge in [-0.15, -0.1) is 16.9 Å². The second-order valence-corrected chi connectivity index (χ2v) is 6.57. The lowest BCUT2D eigenvalue weighted by molar-refractivity contribution is 0.705. The van der Waals surface area contributed by atoms with E-state index in [2.05, 4.69) is 44.7 Å². The van der Waals surface area contributed by atoms with Crippen LogP contribution in [0.15, 0.2) is 59.5 Å². The van der Waals surface area contributed by atoms with Crippen LogP contribution in [0.5, 0.6) is 0 Å². The van der Waals surface area contributed by atoms with Crippen LogP contribution in [0.2, 0.25) is 0 Å². The topological polar surface area (TPSA) is 46.8 Å². The fraction of sp³-hybridized carbons (Fsp3) is 0.235. The molecule has 2 heterocycles. The summed E-state index contributed by atoms with van der Waals surface area (Å²) in [5.41, 5.74) is 2.27. The van der Waals surface area contributed by atoms with Crippen LogP contribution in [0.3, 0.4) is 0 Å². The van der Waals surface area contributed by atoms with E-state index in [-0.39, 0.29) is 0 Å². The van der Waals surface area contributed by atoms with Crippen LogP contribution in [0.25, 0.3) is 5.69 Å². The molecule has 1 aromatic heterocycles. The lowest BCUT2D eigenvalue weighted by atomic mass is 10.2. The molecule has 23 heavy (non-hydrogen) atoms. The molecule has 0 unspecified atom stereocenters. The first-order valence-electron chi connectivity index (χ1n) is 7.71. The molecule has 2 aromatic carbocycles. The third-order valence-electron chi connectivity index (χ3n) is 3.90. The molecule has 0 saturated carbocycles. The van der Waals surface area contributed by atoms with Gasteiger partial charge in [0.1, 0.15) is 0 Å². The van der Waals surface area contributed by atoms with Gasteiger partial charge in [0.25, 0.3) is 0 Å². The maximum Gasteiger partial charge on any atom is 0.175 e. The average Bonchev–Trinajstić information content (AvgIpc) is 2.97. The highest BCUT2D eigenvalue weighted by Crippen LogP contribution is 2.34. The van der Waals surface area contributed by atoms with E-state index in [1.165, 1.54) is 10.6 Å². The number of para-hydroxylation sites is 2. The molecule has 116 valence electrons. The summed E-state index contributed by atoms with van der Waals surface area (Å²) in [7, 11) is 0. The number of hydrogen-bond donors (Lipinski definition) is 0. The summed E-state index contributed by atoms with van der Waals surface area (Å²) in [6.45, 7) is 1.73. The maximum absolute atomic E-state index is 4.24. The molecule has 0 fully saturated rings. The van der Waals surface area contributed by atoms with Crippen molar-refractivity contribution in [2.24, 2.45) is 0 Å². The molecule has 0 spiro atoms. The van der Waals surface area contributed by atoms with Crippen molar-refractivity contribution in [1.82, 2.24) is 20.2 Å². The molecule has 0 amide bonds. The van der Waals surface area contributed by atoms with Gasteiger partial charge < -0.3 is 4.90 Å². The average molecular weight is 323 g/mol. The Morgan fingerprint density at radius 2 is 1.83 bits per heavy atom. The van der Waals surface area contributed by atoms with E-state index >= 15 is 0 Å². The van der Waals surface area contributed by atoms with Crippen molar-refractivity contribution in [3.63, 3.8) is 0 Å². The van der Waals surface area contributed by atoms with Gasteiger partial charge in [-0.3, -0.25) is 0 Å². The maximum atomic E-state index is 4.24. The zero-order valence-corrected chi connectivity index (χ0v) is 13.5. The van der Waals surface area contributed by atoms with Gasteiger partial charge in [-0.1, -0.05) is 30.3 Å². The summed E-state index contributed by atoms with van der Waals surface area (Å²) in [5.74, 6) is 2.01. The fourth-order valence-electron chi connectivity index (χ4n) is 2.81. The standard InChI is InChI=1S/C17H17N5S/c1-2-7-14(8-3-1)22-17(18-19-20-22)13-21-11-6-12-23-16-10-5-4-9-15(16)21/h1-5,7-10H,6,11-13H2. The molecule has 6 heteroatoms. The molecule has 1 aliphatic heterocycles. The first-order valence-corrected chi connectivity index (χ1v) is 8.70. The first-order chi connectivity index (χ1) is 11.4. The number of rotatable bonds is 3. The summed E-state index contributed by atoms with van der Waals surface area (Å²) >= 11 is 1.93. The van der Waals surface area contributed by atoms with Crippen molar-refractivity contribution < 1.29 is 0 Å². The van der Waals surface area contributed by atoms with Gasteiger partial charge in [-0.2, -0.15) is 4.68 Å². The molecule has 3 aromatic rings. The van der Waals surface area contributed by atoms with Crippen molar-refractivity contribution in [2.75, 3.05) is 17.2 Å². The number of benzene rings is 2. The van der Waals surface area contributed by atoms with E-state index in [0.717, 1.165) is 30.2 Å². The minimum Gasteiger partial charge on any atom is -0.363 e. The lowest BCUT2D eigenvalue weighted by Gasteiger charge is -2.23. The zero-order valence-electron chi connectivity index (χ0n) is 12.7. The quantitative estimate of drug-likeness (QED) is 0.741. The van der Waals surface area contributed by atoms with Gasteiger partial charge in [0.2, 0.25) is 0 Å². The molecular weight excluding hydrogens is 306 g/mol. The van der Waals surface area contributed by atoms with Gasteiger partial charge in [-0.25, -0.2) is 0 Å². The number of fused-ring (bicyclic) bond motifs is 1. The van der Waals surface area contributed by atoms with Crippen molar-refractivity contribution in [3.8, 4) is 5.69 Å². The Balaban J connectivity index is 1.66. The van der Waals surface area contributed by atoms with Gasteiger partial charge in [0.05, 0.1) is 17.9 Å². The molecule has 0 saturated heterocycles. The van der Waals surface area contributed by atoms with E-state index in [1.54, 1.807) is 0 Å². The van der Waals surface area contributed by atoms with Crippen LogP contribution in [0.1, 0.15) is 12.2 Å². The van der Waals surface area contributed by atoms with Gasteiger partial charge in [0, 0.05) is 11.4 Å². The van der Waals surface area contributed by atoms with Crippen LogP contribution >= 0.6 is 11.8 Å². The monoisotopic (exact) mass is 323 g/mol. The van der Waals surface area contributed by atoms with E-state index in [1.807, 2.05) is 46.8 Å². The van der Waals surface area contributed by atoms with Crippen molar-refractivity contribution in [1.29, 1.82) is 0 Å². The van der Waals surface area contributed by atoms with E-state index in [9.17, 15) is 0 Å². The number of thioether (sulfide) groups is 1. The normalized spacial score (nSPS) is 14.3. The number of anilines is 1. The summed E-state index contributed by atoms with van der Waals surface area (Å²) in [4.78, 5) is 3.71. The second-order valence-electron chi connectivity index (χ2n) is 5.43. The Hall–Kier alpha value is -2.34. The minimum absolute atomic E-state index is 0.708. The Kier molecular flexibility index (Phi) is 3.98. The molecule has 1 aliphatic rings. The predicted octanol–water partition coefficient (Wildman–Crippen LogP) is 3.16. The van der Waals surface area contributed by atoms with Gasteiger partial charge in [-0.05, 0) is 46.9 Å². The Morgan fingerprint density at radius 3 is 2.74 bits per heavy atom. The minimum atomic E-state index is 0.708. The molecule has 0 atom stereocenters. The molecule has 0 aliphatic carbocycles. The van der Waals surface area contributed by atoms with Crippen LogP contribution in [-0.2, 0) is 6.54 Å². The summed E-state index contributed by atoms with van der Waals surface area (Å²) < 4.78 is 1.82. The smallest absolute Gasteiger partial charge is 0.175 e. The number of hydrogen-bond acceptors (Lipinski definition) is 5. The Labute approximate surface area is 139 Å². The highest BCUT2D eigenvalue weighted by atomic mass is 32.2. The van der Waals surface area contributed by atoms with Crippen LogP contribution < -0.4 is 4.90 Å². The Morgan fingerprint density at radius 1 is 1.00 bits per heavy atom. The summed E-state index contributed by atoms with van der Waals surface area (Å²) in [6, 6.07) is 18.6. The summed E-state index contributed by atoms with van der Waals surface area (Å²) in [5, 5.41) is 12.3. The SMILES string of the molecule is c1ccc(-n2nnnc2CN2CCCSc3ccccc32)cc1. The van der Waals surface area contributed by atoms with E-state index < -0.39 is 0 Å². The second kappa shape index (κ2) is 6.42. The van der Waals surface area contributed by atoms with Crippen molar-refractivity contribution >= 4 is 17.4 Å². The number of nitrogens with zero attached hydrogens (tertiary/aromatic N) is 5. The zero-order chi connectivity index (χ0) is 15.5. The largest absolute Gasteiger partial charge is 0.363 e. The number of tetrazole rings is 1. The molecule has 5 nitrogen and oxygen atoms in total.